The van der Waals surface area contributed by atoms with Gasteiger partial charge in [0.2, 0.25) is 0 Å². The number of rotatable bonds is 2. The minimum atomic E-state index is 0.696. The van der Waals surface area contributed by atoms with Crippen molar-refractivity contribution in [1.29, 1.82) is 5.26 Å². The summed E-state index contributed by atoms with van der Waals surface area (Å²) < 4.78 is 0. The molecule has 0 amide bonds. The van der Waals surface area contributed by atoms with Crippen LogP contribution in [0.25, 0.3) is 5.70 Å². The van der Waals surface area contributed by atoms with Crippen LogP contribution in [0.2, 0.25) is 0 Å². The van der Waals surface area contributed by atoms with Crippen molar-refractivity contribution in [3.05, 3.63) is 71.1 Å². The number of nitrogens with zero attached hydrogens (tertiary/aromatic N) is 2. The van der Waals surface area contributed by atoms with Crippen molar-refractivity contribution in [3.63, 3.8) is 0 Å². The van der Waals surface area contributed by atoms with Crippen LogP contribution in [0.3, 0.4) is 0 Å². The molecular formula is C16H12N2S. The molecule has 0 saturated heterocycles. The summed E-state index contributed by atoms with van der Waals surface area (Å²) in [6, 6.07) is 20.2. The number of benzene rings is 2. The Hall–Kier alpha value is -2.18. The van der Waals surface area contributed by atoms with E-state index in [1.165, 1.54) is 11.4 Å². The lowest BCUT2D eigenvalue weighted by molar-refractivity contribution is 1.20. The molecule has 0 radical (unpaired) electrons. The zero-order valence-electron chi connectivity index (χ0n) is 10.3. The fraction of sp³-hybridized carbons (Fsp3) is 0.0625. The zero-order chi connectivity index (χ0) is 13.1. The van der Waals surface area contributed by atoms with E-state index in [-0.39, 0.29) is 0 Å². The molecule has 3 rings (SSSR count). The highest BCUT2D eigenvalue weighted by molar-refractivity contribution is 8.02. The lowest BCUT2D eigenvalue weighted by Crippen LogP contribution is -2.16. The fourth-order valence-electron chi connectivity index (χ4n) is 2.08. The Kier molecular flexibility index (Phi) is 3.26. The van der Waals surface area contributed by atoms with Gasteiger partial charge in [-0.15, -0.1) is 11.8 Å². The van der Waals surface area contributed by atoms with Crippen LogP contribution in [0.1, 0.15) is 11.1 Å². The first-order chi connectivity index (χ1) is 9.38. The summed E-state index contributed by atoms with van der Waals surface area (Å²) in [4.78, 5) is 2.28. The van der Waals surface area contributed by atoms with Gasteiger partial charge in [0.05, 0.1) is 23.2 Å². The third-order valence-corrected chi connectivity index (χ3v) is 3.86. The summed E-state index contributed by atoms with van der Waals surface area (Å²) in [5.74, 6) is 0.930. The Morgan fingerprint density at radius 3 is 2.42 bits per heavy atom. The van der Waals surface area contributed by atoms with Crippen molar-refractivity contribution < 1.29 is 0 Å². The summed E-state index contributed by atoms with van der Waals surface area (Å²) in [5, 5.41) is 11.0. The molecule has 1 aliphatic rings. The van der Waals surface area contributed by atoms with Gasteiger partial charge >= 0.3 is 0 Å². The molecule has 3 heteroatoms. The average Bonchev–Trinajstić information content (AvgIpc) is 2.98. The fourth-order valence-corrected chi connectivity index (χ4v) is 3.02. The van der Waals surface area contributed by atoms with Crippen molar-refractivity contribution in [1.82, 2.24) is 0 Å². The Morgan fingerprint density at radius 1 is 1.00 bits per heavy atom. The predicted octanol–water partition coefficient (Wildman–Crippen LogP) is 4.07. The standard InChI is InChI=1S/C16H12N2S/c17-10-13-6-8-14(9-7-13)16-11-19-12-18(16)15-4-2-1-3-5-15/h1-9,11H,12H2. The Balaban J connectivity index is 1.93. The van der Waals surface area contributed by atoms with Gasteiger partial charge < -0.3 is 4.90 Å². The van der Waals surface area contributed by atoms with Crippen LogP contribution in [0.4, 0.5) is 5.69 Å². The van der Waals surface area contributed by atoms with Crippen molar-refractivity contribution in [2.45, 2.75) is 0 Å². The highest BCUT2D eigenvalue weighted by atomic mass is 32.2. The first-order valence-electron chi connectivity index (χ1n) is 6.03. The summed E-state index contributed by atoms with van der Waals surface area (Å²) in [5.41, 5.74) is 4.23. The molecule has 2 nitrogen and oxygen atoms in total. The molecule has 0 aliphatic carbocycles. The third-order valence-electron chi connectivity index (χ3n) is 3.07. The number of para-hydroxylation sites is 1. The maximum absolute atomic E-state index is 8.84. The molecular weight excluding hydrogens is 252 g/mol. The van der Waals surface area contributed by atoms with Crippen LogP contribution in [0.15, 0.2) is 60.0 Å². The molecule has 1 aliphatic heterocycles. The van der Waals surface area contributed by atoms with Gasteiger partial charge in [-0.2, -0.15) is 5.26 Å². The third kappa shape index (κ3) is 2.35. The monoisotopic (exact) mass is 264 g/mol. The normalized spacial score (nSPS) is 14.1. The first kappa shape index (κ1) is 11.9. The zero-order valence-corrected chi connectivity index (χ0v) is 11.1. The van der Waals surface area contributed by atoms with Gasteiger partial charge in [0.15, 0.2) is 0 Å². The minimum Gasteiger partial charge on any atom is -0.330 e. The van der Waals surface area contributed by atoms with E-state index in [1.54, 1.807) is 11.8 Å². The smallest absolute Gasteiger partial charge is 0.0991 e. The van der Waals surface area contributed by atoms with E-state index < -0.39 is 0 Å². The lowest BCUT2D eigenvalue weighted by atomic mass is 10.1. The van der Waals surface area contributed by atoms with E-state index in [1.807, 2.05) is 30.3 Å². The van der Waals surface area contributed by atoms with E-state index in [2.05, 4.69) is 40.6 Å². The van der Waals surface area contributed by atoms with E-state index in [4.69, 9.17) is 5.26 Å². The summed E-state index contributed by atoms with van der Waals surface area (Å²) in [6.07, 6.45) is 0. The number of anilines is 1. The first-order valence-corrected chi connectivity index (χ1v) is 7.08. The van der Waals surface area contributed by atoms with Crippen molar-refractivity contribution in [2.24, 2.45) is 0 Å². The van der Waals surface area contributed by atoms with Crippen molar-refractivity contribution in [3.8, 4) is 6.07 Å². The molecule has 0 atom stereocenters. The summed E-state index contributed by atoms with van der Waals surface area (Å²) in [6.45, 7) is 0. The van der Waals surface area contributed by atoms with Gasteiger partial charge in [-0.3, -0.25) is 0 Å². The van der Waals surface area contributed by atoms with E-state index in [0.29, 0.717) is 5.56 Å². The van der Waals surface area contributed by atoms with Gasteiger partial charge in [-0.05, 0) is 35.2 Å². The van der Waals surface area contributed by atoms with Crippen LogP contribution in [-0.4, -0.2) is 5.88 Å². The van der Waals surface area contributed by atoms with Crippen LogP contribution < -0.4 is 4.90 Å². The van der Waals surface area contributed by atoms with Crippen molar-refractivity contribution in [2.75, 3.05) is 10.8 Å². The van der Waals surface area contributed by atoms with Crippen LogP contribution in [0, 0.1) is 11.3 Å². The maximum atomic E-state index is 8.84. The molecule has 2 aromatic rings. The average molecular weight is 264 g/mol. The second kappa shape index (κ2) is 5.21. The minimum absolute atomic E-state index is 0.696. The number of hydrogen-bond acceptors (Lipinski definition) is 3. The van der Waals surface area contributed by atoms with Crippen LogP contribution in [-0.2, 0) is 0 Å². The molecule has 0 bridgehead atoms. The van der Waals surface area contributed by atoms with E-state index >= 15 is 0 Å². The highest BCUT2D eigenvalue weighted by Crippen LogP contribution is 2.35. The van der Waals surface area contributed by atoms with Gasteiger partial charge in [0, 0.05) is 5.69 Å². The van der Waals surface area contributed by atoms with Gasteiger partial charge in [-0.25, -0.2) is 0 Å². The number of nitriles is 1. The molecule has 0 saturated carbocycles. The van der Waals surface area contributed by atoms with E-state index in [9.17, 15) is 0 Å². The van der Waals surface area contributed by atoms with Gasteiger partial charge in [-0.1, -0.05) is 30.3 Å². The van der Waals surface area contributed by atoms with Crippen LogP contribution in [0.5, 0.6) is 0 Å². The topological polar surface area (TPSA) is 27.0 Å². The van der Waals surface area contributed by atoms with Crippen molar-refractivity contribution >= 4 is 23.1 Å². The molecule has 1 heterocycles. The maximum Gasteiger partial charge on any atom is 0.0991 e. The lowest BCUT2D eigenvalue weighted by Gasteiger charge is -2.21. The highest BCUT2D eigenvalue weighted by Gasteiger charge is 2.18. The Bertz CT molecular complexity index is 639. The molecule has 19 heavy (non-hydrogen) atoms. The summed E-state index contributed by atoms with van der Waals surface area (Å²) in [7, 11) is 0. The van der Waals surface area contributed by atoms with Gasteiger partial charge in [0.1, 0.15) is 0 Å². The number of hydrogen-bond donors (Lipinski definition) is 0. The van der Waals surface area contributed by atoms with E-state index in [0.717, 1.165) is 11.4 Å². The van der Waals surface area contributed by atoms with Crippen LogP contribution >= 0.6 is 11.8 Å². The second-order valence-corrected chi connectivity index (χ2v) is 5.08. The molecule has 0 unspecified atom stereocenters. The molecule has 92 valence electrons. The summed E-state index contributed by atoms with van der Waals surface area (Å²) >= 11 is 1.79. The number of thioether (sulfide) groups is 1. The molecule has 0 aromatic heterocycles. The quantitative estimate of drug-likeness (QED) is 0.818. The SMILES string of the molecule is N#Cc1ccc(C2=CSCN2c2ccccc2)cc1. The largest absolute Gasteiger partial charge is 0.330 e. The predicted molar refractivity (Wildman–Crippen MR) is 80.5 cm³/mol. The molecule has 0 spiro atoms. The Labute approximate surface area is 117 Å². The Morgan fingerprint density at radius 2 is 1.74 bits per heavy atom. The van der Waals surface area contributed by atoms with Gasteiger partial charge in [0.25, 0.3) is 0 Å². The second-order valence-electron chi connectivity index (χ2n) is 4.25. The molecule has 0 N–H and O–H groups in total. The molecule has 2 aromatic carbocycles. The molecule has 0 fully saturated rings.